The van der Waals surface area contributed by atoms with Gasteiger partial charge in [0, 0.05) is 42.3 Å². The molecule has 0 radical (unpaired) electrons. The molecular formula is C17H13N5O2. The highest BCUT2D eigenvalue weighted by Gasteiger charge is 2.34. The van der Waals surface area contributed by atoms with Crippen molar-refractivity contribution in [2.45, 2.75) is 13.5 Å². The van der Waals surface area contributed by atoms with Gasteiger partial charge in [-0.1, -0.05) is 0 Å². The van der Waals surface area contributed by atoms with Gasteiger partial charge in [0.15, 0.2) is 0 Å². The smallest absolute Gasteiger partial charge is 0.261 e. The highest BCUT2D eigenvalue weighted by atomic mass is 16.2. The molecule has 1 N–H and O–H groups in total. The molecule has 1 aliphatic rings. The van der Waals surface area contributed by atoms with Crippen LogP contribution in [-0.4, -0.2) is 31.3 Å². The SMILES string of the molecule is CCn1cc(C2=C(c3cnccn3)C(=O)NC2=O)c2cccnc21. The molecule has 3 aromatic heterocycles. The second-order valence-electron chi connectivity index (χ2n) is 5.33. The number of carbonyl (C=O) groups is 2. The molecule has 3 aromatic rings. The summed E-state index contributed by atoms with van der Waals surface area (Å²) in [5.41, 5.74) is 2.37. The molecule has 118 valence electrons. The van der Waals surface area contributed by atoms with E-state index in [0.29, 0.717) is 23.4 Å². The van der Waals surface area contributed by atoms with E-state index in [9.17, 15) is 9.59 Å². The van der Waals surface area contributed by atoms with Crippen molar-refractivity contribution in [2.24, 2.45) is 0 Å². The topological polar surface area (TPSA) is 89.8 Å². The molecule has 2 amide bonds. The zero-order valence-corrected chi connectivity index (χ0v) is 12.9. The van der Waals surface area contributed by atoms with Gasteiger partial charge in [-0.2, -0.15) is 0 Å². The fourth-order valence-electron chi connectivity index (χ4n) is 2.95. The molecule has 7 nitrogen and oxygen atoms in total. The summed E-state index contributed by atoms with van der Waals surface area (Å²) in [5.74, 6) is -0.892. The number of imide groups is 1. The van der Waals surface area contributed by atoms with Gasteiger partial charge in [0.25, 0.3) is 11.8 Å². The molecule has 0 saturated heterocycles. The normalized spacial score (nSPS) is 14.5. The fourth-order valence-corrected chi connectivity index (χ4v) is 2.95. The third kappa shape index (κ3) is 2.02. The molecule has 0 spiro atoms. The van der Waals surface area contributed by atoms with Gasteiger partial charge in [0.05, 0.1) is 23.0 Å². The van der Waals surface area contributed by atoms with Crippen LogP contribution in [0.15, 0.2) is 43.1 Å². The van der Waals surface area contributed by atoms with Crippen molar-refractivity contribution >= 4 is 34.0 Å². The number of carbonyl (C=O) groups excluding carboxylic acids is 2. The predicted octanol–water partition coefficient (Wildman–Crippen LogP) is 1.41. The van der Waals surface area contributed by atoms with E-state index in [2.05, 4.69) is 20.3 Å². The molecule has 0 unspecified atom stereocenters. The maximum Gasteiger partial charge on any atom is 0.261 e. The minimum atomic E-state index is -0.461. The van der Waals surface area contributed by atoms with Crippen LogP contribution in [0.1, 0.15) is 18.2 Å². The lowest BCUT2D eigenvalue weighted by atomic mass is 10.00. The number of aryl methyl sites for hydroxylation is 1. The van der Waals surface area contributed by atoms with E-state index in [1.807, 2.05) is 29.8 Å². The Morgan fingerprint density at radius 1 is 1.08 bits per heavy atom. The van der Waals surface area contributed by atoms with E-state index in [1.54, 1.807) is 6.20 Å². The zero-order valence-electron chi connectivity index (χ0n) is 12.9. The third-order valence-corrected chi connectivity index (χ3v) is 3.99. The van der Waals surface area contributed by atoms with Gasteiger partial charge in [0.1, 0.15) is 5.65 Å². The molecule has 0 fully saturated rings. The van der Waals surface area contributed by atoms with Crippen LogP contribution in [0, 0.1) is 0 Å². The largest absolute Gasteiger partial charge is 0.332 e. The average molecular weight is 319 g/mol. The second-order valence-corrected chi connectivity index (χ2v) is 5.33. The first-order valence-electron chi connectivity index (χ1n) is 7.51. The minimum Gasteiger partial charge on any atom is -0.332 e. The quantitative estimate of drug-likeness (QED) is 0.737. The standard InChI is InChI=1S/C17H13N5O2/c1-2-22-9-11(10-4-3-5-20-15(10)22)13-14(17(24)21-16(13)23)12-8-18-6-7-19-12/h3-9H,2H2,1H3,(H,21,23,24). The highest BCUT2D eigenvalue weighted by molar-refractivity contribution is 6.49. The molecular weight excluding hydrogens is 306 g/mol. The summed E-state index contributed by atoms with van der Waals surface area (Å²) >= 11 is 0. The number of hydrogen-bond donors (Lipinski definition) is 1. The van der Waals surface area contributed by atoms with Crippen molar-refractivity contribution in [3.8, 4) is 0 Å². The van der Waals surface area contributed by atoms with Crippen molar-refractivity contribution in [3.63, 3.8) is 0 Å². The number of aromatic nitrogens is 4. The molecule has 0 saturated carbocycles. The number of pyridine rings is 1. The Kier molecular flexibility index (Phi) is 3.19. The monoisotopic (exact) mass is 319 g/mol. The maximum absolute atomic E-state index is 12.4. The number of nitrogens with zero attached hydrogens (tertiary/aromatic N) is 4. The van der Waals surface area contributed by atoms with Gasteiger partial charge >= 0.3 is 0 Å². The summed E-state index contributed by atoms with van der Waals surface area (Å²) in [6.45, 7) is 2.70. The molecule has 0 aromatic carbocycles. The summed E-state index contributed by atoms with van der Waals surface area (Å²) in [4.78, 5) is 37.3. The zero-order chi connectivity index (χ0) is 16.7. The molecule has 24 heavy (non-hydrogen) atoms. The predicted molar refractivity (Wildman–Crippen MR) is 87.4 cm³/mol. The van der Waals surface area contributed by atoms with E-state index in [1.165, 1.54) is 18.6 Å². The molecule has 0 bridgehead atoms. The van der Waals surface area contributed by atoms with Crippen LogP contribution in [0.3, 0.4) is 0 Å². The van der Waals surface area contributed by atoms with Crippen LogP contribution in [0.25, 0.3) is 22.2 Å². The maximum atomic E-state index is 12.4. The molecule has 0 aliphatic carbocycles. The van der Waals surface area contributed by atoms with Crippen LogP contribution in [0.4, 0.5) is 0 Å². The summed E-state index contributed by atoms with van der Waals surface area (Å²) in [5, 5.41) is 3.18. The fraction of sp³-hybridized carbons (Fsp3) is 0.118. The lowest BCUT2D eigenvalue weighted by Gasteiger charge is -2.02. The molecule has 4 heterocycles. The molecule has 1 aliphatic heterocycles. The first-order chi connectivity index (χ1) is 11.7. The van der Waals surface area contributed by atoms with Crippen molar-refractivity contribution in [3.05, 3.63) is 54.4 Å². The van der Waals surface area contributed by atoms with Crippen LogP contribution in [-0.2, 0) is 16.1 Å². The van der Waals surface area contributed by atoms with Crippen molar-refractivity contribution in [2.75, 3.05) is 0 Å². The van der Waals surface area contributed by atoms with Gasteiger partial charge < -0.3 is 4.57 Å². The lowest BCUT2D eigenvalue weighted by Crippen LogP contribution is -2.22. The van der Waals surface area contributed by atoms with Gasteiger partial charge in [-0.15, -0.1) is 0 Å². The van der Waals surface area contributed by atoms with E-state index in [4.69, 9.17) is 0 Å². The van der Waals surface area contributed by atoms with Gasteiger partial charge in [-0.25, -0.2) is 4.98 Å². The van der Waals surface area contributed by atoms with E-state index >= 15 is 0 Å². The van der Waals surface area contributed by atoms with Gasteiger partial charge in [-0.05, 0) is 19.1 Å². The number of rotatable bonds is 3. The number of hydrogen-bond acceptors (Lipinski definition) is 5. The van der Waals surface area contributed by atoms with Crippen molar-refractivity contribution in [1.29, 1.82) is 0 Å². The first-order valence-corrected chi connectivity index (χ1v) is 7.51. The van der Waals surface area contributed by atoms with Gasteiger partial charge in [0.2, 0.25) is 0 Å². The summed E-state index contributed by atoms with van der Waals surface area (Å²) in [7, 11) is 0. The Bertz CT molecular complexity index is 1000. The summed E-state index contributed by atoms with van der Waals surface area (Å²) < 4.78 is 1.95. The van der Waals surface area contributed by atoms with Gasteiger partial charge in [-0.3, -0.25) is 24.9 Å². The first kappa shape index (κ1) is 14.3. The van der Waals surface area contributed by atoms with Crippen LogP contribution < -0.4 is 5.32 Å². The third-order valence-electron chi connectivity index (χ3n) is 3.99. The number of amides is 2. The highest BCUT2D eigenvalue weighted by Crippen LogP contribution is 2.34. The average Bonchev–Trinajstić information content (AvgIpc) is 3.12. The second kappa shape index (κ2) is 5.38. The number of nitrogens with one attached hydrogen (secondary N) is 1. The van der Waals surface area contributed by atoms with E-state index < -0.39 is 11.8 Å². The Morgan fingerprint density at radius 3 is 2.67 bits per heavy atom. The minimum absolute atomic E-state index is 0.243. The Labute approximate surface area is 137 Å². The molecule has 7 heteroatoms. The van der Waals surface area contributed by atoms with Crippen molar-refractivity contribution in [1.82, 2.24) is 24.8 Å². The Balaban J connectivity index is 2.05. The van der Waals surface area contributed by atoms with Crippen molar-refractivity contribution < 1.29 is 9.59 Å². The van der Waals surface area contributed by atoms with E-state index in [0.717, 1.165) is 11.0 Å². The Hall–Kier alpha value is -3.35. The molecule has 4 rings (SSSR count). The van der Waals surface area contributed by atoms with E-state index in [-0.39, 0.29) is 5.57 Å². The molecule has 0 atom stereocenters. The van der Waals surface area contributed by atoms with Crippen LogP contribution in [0.5, 0.6) is 0 Å². The Morgan fingerprint density at radius 2 is 1.92 bits per heavy atom. The summed E-state index contributed by atoms with van der Waals surface area (Å²) in [6, 6.07) is 3.70. The lowest BCUT2D eigenvalue weighted by molar-refractivity contribution is -0.122. The summed E-state index contributed by atoms with van der Waals surface area (Å²) in [6.07, 6.45) is 8.04. The van der Waals surface area contributed by atoms with Crippen LogP contribution in [0.2, 0.25) is 0 Å². The van der Waals surface area contributed by atoms with Crippen LogP contribution >= 0.6 is 0 Å². The number of fused-ring (bicyclic) bond motifs is 1.